The molecule has 3 rings (SSSR count). The van der Waals surface area contributed by atoms with Crippen LogP contribution in [0, 0.1) is 0 Å². The van der Waals surface area contributed by atoms with E-state index in [-0.39, 0.29) is 11.8 Å². The first-order valence-corrected chi connectivity index (χ1v) is 9.00. The second kappa shape index (κ2) is 8.07. The van der Waals surface area contributed by atoms with E-state index in [1.165, 1.54) is 0 Å². The molecule has 0 radical (unpaired) electrons. The molecule has 0 unspecified atom stereocenters. The van der Waals surface area contributed by atoms with Gasteiger partial charge in [0.1, 0.15) is 5.82 Å². The first-order chi connectivity index (χ1) is 13.0. The van der Waals surface area contributed by atoms with E-state index >= 15 is 0 Å². The van der Waals surface area contributed by atoms with E-state index in [2.05, 4.69) is 15.2 Å². The molecular formula is C20H25N5O2. The molecule has 7 heteroatoms. The van der Waals surface area contributed by atoms with Crippen molar-refractivity contribution in [2.24, 2.45) is 0 Å². The lowest BCUT2D eigenvalue weighted by Crippen LogP contribution is -2.48. The van der Waals surface area contributed by atoms with E-state index in [9.17, 15) is 9.59 Å². The SMILES string of the molecule is CC(=O)N1CCN(c2ccc(NC(=O)c3cccnc3N(C)C)cc2)CC1. The highest BCUT2D eigenvalue weighted by Gasteiger charge is 2.19. The molecule has 27 heavy (non-hydrogen) atoms. The Balaban J connectivity index is 1.65. The normalized spacial score (nSPS) is 14.0. The smallest absolute Gasteiger partial charge is 0.259 e. The van der Waals surface area contributed by atoms with Crippen LogP contribution in [-0.2, 0) is 4.79 Å². The standard InChI is InChI=1S/C20H25N5O2/c1-15(26)24-11-13-25(14-12-24)17-8-6-16(7-9-17)22-20(27)18-5-4-10-21-19(18)23(2)3/h4-10H,11-14H2,1-3H3,(H,22,27). The van der Waals surface area contributed by atoms with Gasteiger partial charge in [0, 0.05) is 64.8 Å². The molecule has 0 atom stereocenters. The van der Waals surface area contributed by atoms with Gasteiger partial charge in [0.15, 0.2) is 0 Å². The largest absolute Gasteiger partial charge is 0.368 e. The minimum absolute atomic E-state index is 0.125. The van der Waals surface area contributed by atoms with Crippen LogP contribution < -0.4 is 15.1 Å². The number of nitrogens with zero attached hydrogens (tertiary/aromatic N) is 4. The molecule has 0 bridgehead atoms. The molecule has 1 aliphatic heterocycles. The lowest BCUT2D eigenvalue weighted by molar-refractivity contribution is -0.129. The van der Waals surface area contributed by atoms with Crippen LogP contribution in [0.1, 0.15) is 17.3 Å². The quantitative estimate of drug-likeness (QED) is 0.896. The van der Waals surface area contributed by atoms with Crippen molar-refractivity contribution in [1.82, 2.24) is 9.88 Å². The lowest BCUT2D eigenvalue weighted by atomic mass is 10.2. The molecule has 1 aromatic heterocycles. The van der Waals surface area contributed by atoms with Gasteiger partial charge in [0.2, 0.25) is 5.91 Å². The molecule has 1 N–H and O–H groups in total. The number of aromatic nitrogens is 1. The third-order valence-corrected chi connectivity index (χ3v) is 4.67. The number of carbonyl (C=O) groups excluding carboxylic acids is 2. The maximum absolute atomic E-state index is 12.6. The van der Waals surface area contributed by atoms with Gasteiger partial charge in [-0.3, -0.25) is 9.59 Å². The summed E-state index contributed by atoms with van der Waals surface area (Å²) in [5, 5.41) is 2.93. The zero-order chi connectivity index (χ0) is 19.4. The second-order valence-electron chi connectivity index (χ2n) is 6.76. The molecule has 0 aliphatic carbocycles. The fourth-order valence-corrected chi connectivity index (χ4v) is 3.16. The summed E-state index contributed by atoms with van der Waals surface area (Å²) in [5.74, 6) is 0.574. The molecule has 0 spiro atoms. The number of carbonyl (C=O) groups is 2. The van der Waals surface area contributed by atoms with Crippen LogP contribution in [0.15, 0.2) is 42.6 Å². The Morgan fingerprint density at radius 3 is 2.30 bits per heavy atom. The monoisotopic (exact) mass is 367 g/mol. The van der Waals surface area contributed by atoms with Crippen LogP contribution in [0.4, 0.5) is 17.2 Å². The van der Waals surface area contributed by atoms with Crippen LogP contribution in [0.3, 0.4) is 0 Å². The molecule has 2 aromatic rings. The van der Waals surface area contributed by atoms with E-state index in [1.54, 1.807) is 25.3 Å². The van der Waals surface area contributed by atoms with E-state index in [4.69, 9.17) is 0 Å². The van der Waals surface area contributed by atoms with Gasteiger partial charge in [-0.05, 0) is 36.4 Å². The van der Waals surface area contributed by atoms with Crippen molar-refractivity contribution in [2.45, 2.75) is 6.92 Å². The van der Waals surface area contributed by atoms with Crippen LogP contribution in [-0.4, -0.2) is 62.0 Å². The van der Waals surface area contributed by atoms with Gasteiger partial charge in [-0.15, -0.1) is 0 Å². The highest BCUT2D eigenvalue weighted by atomic mass is 16.2. The third kappa shape index (κ3) is 4.36. The first kappa shape index (κ1) is 18.7. The molecule has 2 amide bonds. The zero-order valence-electron chi connectivity index (χ0n) is 16.0. The Morgan fingerprint density at radius 2 is 1.70 bits per heavy atom. The van der Waals surface area contributed by atoms with Gasteiger partial charge >= 0.3 is 0 Å². The van der Waals surface area contributed by atoms with Crippen LogP contribution in [0.25, 0.3) is 0 Å². The Bertz CT molecular complexity index is 811. The Morgan fingerprint density at radius 1 is 1.04 bits per heavy atom. The van der Waals surface area contributed by atoms with Gasteiger partial charge in [-0.2, -0.15) is 0 Å². The number of nitrogens with one attached hydrogen (secondary N) is 1. The van der Waals surface area contributed by atoms with Crippen molar-refractivity contribution < 1.29 is 9.59 Å². The average Bonchev–Trinajstić information content (AvgIpc) is 2.68. The molecule has 7 nitrogen and oxygen atoms in total. The molecule has 1 saturated heterocycles. The molecule has 142 valence electrons. The van der Waals surface area contributed by atoms with Gasteiger partial charge in [-0.1, -0.05) is 0 Å². The molecule has 1 aromatic carbocycles. The van der Waals surface area contributed by atoms with Crippen LogP contribution in [0.5, 0.6) is 0 Å². The fraction of sp³-hybridized carbons (Fsp3) is 0.350. The molecular weight excluding hydrogens is 342 g/mol. The number of anilines is 3. The predicted molar refractivity (Wildman–Crippen MR) is 107 cm³/mol. The summed E-state index contributed by atoms with van der Waals surface area (Å²) >= 11 is 0. The van der Waals surface area contributed by atoms with Crippen molar-refractivity contribution in [3.8, 4) is 0 Å². The topological polar surface area (TPSA) is 68.8 Å². The Hall–Kier alpha value is -3.09. The van der Waals surface area contributed by atoms with Gasteiger partial charge in [0.05, 0.1) is 5.56 Å². The van der Waals surface area contributed by atoms with Gasteiger partial charge < -0.3 is 20.0 Å². The number of hydrogen-bond acceptors (Lipinski definition) is 5. The second-order valence-corrected chi connectivity index (χ2v) is 6.76. The van der Waals surface area contributed by atoms with Crippen molar-refractivity contribution in [2.75, 3.05) is 55.4 Å². The van der Waals surface area contributed by atoms with Gasteiger partial charge in [-0.25, -0.2) is 4.98 Å². The van der Waals surface area contributed by atoms with E-state index in [1.807, 2.05) is 48.2 Å². The number of benzene rings is 1. The summed E-state index contributed by atoms with van der Waals surface area (Å²) in [4.78, 5) is 34.2. The third-order valence-electron chi connectivity index (χ3n) is 4.67. The minimum Gasteiger partial charge on any atom is -0.368 e. The summed E-state index contributed by atoms with van der Waals surface area (Å²) in [6, 6.07) is 11.3. The van der Waals surface area contributed by atoms with E-state index in [0.717, 1.165) is 37.6 Å². The number of hydrogen-bond donors (Lipinski definition) is 1. The molecule has 2 heterocycles. The van der Waals surface area contributed by atoms with Crippen molar-refractivity contribution in [3.63, 3.8) is 0 Å². The van der Waals surface area contributed by atoms with Crippen molar-refractivity contribution in [3.05, 3.63) is 48.2 Å². The summed E-state index contributed by atoms with van der Waals surface area (Å²) < 4.78 is 0. The van der Waals surface area contributed by atoms with Crippen molar-refractivity contribution >= 4 is 29.0 Å². The Labute approximate surface area is 159 Å². The van der Waals surface area contributed by atoms with Crippen LogP contribution in [0.2, 0.25) is 0 Å². The van der Waals surface area contributed by atoms with E-state index in [0.29, 0.717) is 11.4 Å². The first-order valence-electron chi connectivity index (χ1n) is 9.00. The Kier molecular flexibility index (Phi) is 5.59. The fourth-order valence-electron chi connectivity index (χ4n) is 3.16. The van der Waals surface area contributed by atoms with Crippen LogP contribution >= 0.6 is 0 Å². The number of piperazine rings is 1. The maximum atomic E-state index is 12.6. The van der Waals surface area contributed by atoms with E-state index < -0.39 is 0 Å². The molecule has 1 aliphatic rings. The molecule has 0 saturated carbocycles. The highest BCUT2D eigenvalue weighted by Crippen LogP contribution is 2.21. The average molecular weight is 367 g/mol. The summed E-state index contributed by atoms with van der Waals surface area (Å²) in [6.07, 6.45) is 1.67. The van der Waals surface area contributed by atoms with Crippen molar-refractivity contribution in [1.29, 1.82) is 0 Å². The molecule has 1 fully saturated rings. The minimum atomic E-state index is -0.186. The summed E-state index contributed by atoms with van der Waals surface area (Å²) in [5.41, 5.74) is 2.36. The maximum Gasteiger partial charge on any atom is 0.259 e. The van der Waals surface area contributed by atoms with Gasteiger partial charge in [0.25, 0.3) is 5.91 Å². The number of rotatable bonds is 4. The highest BCUT2D eigenvalue weighted by molar-refractivity contribution is 6.07. The number of pyridine rings is 1. The lowest BCUT2D eigenvalue weighted by Gasteiger charge is -2.35. The predicted octanol–water partition coefficient (Wildman–Crippen LogP) is 2.07. The number of amides is 2. The summed E-state index contributed by atoms with van der Waals surface area (Å²) in [7, 11) is 3.72. The summed E-state index contributed by atoms with van der Waals surface area (Å²) in [6.45, 7) is 4.71. The zero-order valence-corrected chi connectivity index (χ0v) is 16.0.